The van der Waals surface area contributed by atoms with Crippen LogP contribution in [0.25, 0.3) is 10.9 Å². The molecule has 5 nitrogen and oxygen atoms in total. The van der Waals surface area contributed by atoms with E-state index in [0.29, 0.717) is 11.3 Å². The number of aromatic nitrogens is 1. The average Bonchev–Trinajstić information content (AvgIpc) is 2.74. The van der Waals surface area contributed by atoms with Crippen molar-refractivity contribution in [3.05, 3.63) is 65.5 Å². The first-order chi connectivity index (χ1) is 14.0. The molecule has 0 bridgehead atoms. The molecule has 1 aromatic heterocycles. The third-order valence-electron chi connectivity index (χ3n) is 5.49. The van der Waals surface area contributed by atoms with E-state index < -0.39 is 5.82 Å². The molecule has 0 spiro atoms. The van der Waals surface area contributed by atoms with Crippen molar-refractivity contribution in [2.75, 3.05) is 42.9 Å². The number of aryl methyl sites for hydroxylation is 1. The van der Waals surface area contributed by atoms with Gasteiger partial charge in [0.15, 0.2) is 0 Å². The third kappa shape index (κ3) is 4.22. The molecule has 3 aromatic rings. The van der Waals surface area contributed by atoms with Crippen LogP contribution in [-0.2, 0) is 0 Å². The number of hydrogen-bond acceptors (Lipinski definition) is 4. The summed E-state index contributed by atoms with van der Waals surface area (Å²) in [5.74, 6) is 0.241. The van der Waals surface area contributed by atoms with Gasteiger partial charge in [-0.25, -0.2) is 9.37 Å². The molecule has 0 aliphatic carbocycles. The van der Waals surface area contributed by atoms with E-state index in [0.717, 1.165) is 55.0 Å². The minimum Gasteiger partial charge on any atom is -0.354 e. The second-order valence-corrected chi connectivity index (χ2v) is 7.42. The Hall–Kier alpha value is -2.99. The average molecular weight is 392 g/mol. The summed E-state index contributed by atoms with van der Waals surface area (Å²) in [6.07, 6.45) is 0. The number of nitrogens with zero attached hydrogens (tertiary/aromatic N) is 3. The third-order valence-corrected chi connectivity index (χ3v) is 5.49. The van der Waals surface area contributed by atoms with Gasteiger partial charge in [-0.05, 0) is 61.5 Å². The SMILES string of the molecule is CCN1CCN(c2cc(C)c3cc(NC(=O)c4cccc(F)c4)ccc3n2)CC1. The van der Waals surface area contributed by atoms with E-state index >= 15 is 0 Å². The number of carbonyl (C=O) groups is 1. The molecular weight excluding hydrogens is 367 g/mol. The van der Waals surface area contributed by atoms with E-state index in [4.69, 9.17) is 4.98 Å². The zero-order valence-corrected chi connectivity index (χ0v) is 16.8. The number of piperazine rings is 1. The highest BCUT2D eigenvalue weighted by atomic mass is 19.1. The standard InChI is InChI=1S/C23H25FN4O/c1-3-27-9-11-28(12-10-27)22-13-16(2)20-15-19(7-8-21(20)26-22)25-23(29)17-5-4-6-18(24)14-17/h4-8,13-15H,3,9-12H2,1-2H3,(H,25,29). The molecule has 2 heterocycles. The van der Waals surface area contributed by atoms with Crippen molar-refractivity contribution in [3.8, 4) is 0 Å². The molecule has 4 rings (SSSR count). The molecule has 1 aliphatic rings. The van der Waals surface area contributed by atoms with E-state index in [-0.39, 0.29) is 5.91 Å². The van der Waals surface area contributed by atoms with Crippen molar-refractivity contribution in [2.24, 2.45) is 0 Å². The van der Waals surface area contributed by atoms with E-state index in [1.807, 2.05) is 18.2 Å². The van der Waals surface area contributed by atoms with E-state index in [9.17, 15) is 9.18 Å². The van der Waals surface area contributed by atoms with Crippen LogP contribution in [0.5, 0.6) is 0 Å². The van der Waals surface area contributed by atoms with E-state index in [1.54, 1.807) is 6.07 Å². The van der Waals surface area contributed by atoms with Crippen LogP contribution < -0.4 is 10.2 Å². The van der Waals surface area contributed by atoms with Crippen LogP contribution in [0.4, 0.5) is 15.9 Å². The predicted molar refractivity (Wildman–Crippen MR) is 115 cm³/mol. The predicted octanol–water partition coefficient (Wildman–Crippen LogP) is 4.08. The van der Waals surface area contributed by atoms with Gasteiger partial charge < -0.3 is 15.1 Å². The van der Waals surface area contributed by atoms with E-state index in [2.05, 4.69) is 35.0 Å². The lowest BCUT2D eigenvalue weighted by atomic mass is 10.1. The van der Waals surface area contributed by atoms with Gasteiger partial charge in [0, 0.05) is 42.8 Å². The number of halogens is 1. The number of carbonyl (C=O) groups excluding carboxylic acids is 1. The van der Waals surface area contributed by atoms with Gasteiger partial charge >= 0.3 is 0 Å². The second-order valence-electron chi connectivity index (χ2n) is 7.42. The second kappa shape index (κ2) is 8.17. The molecule has 0 saturated carbocycles. The first-order valence-electron chi connectivity index (χ1n) is 9.99. The summed E-state index contributed by atoms with van der Waals surface area (Å²) in [5.41, 5.74) is 2.98. The van der Waals surface area contributed by atoms with Gasteiger partial charge in [-0.2, -0.15) is 0 Å². The smallest absolute Gasteiger partial charge is 0.255 e. The van der Waals surface area contributed by atoms with Crippen molar-refractivity contribution < 1.29 is 9.18 Å². The normalized spacial score (nSPS) is 14.9. The maximum atomic E-state index is 13.4. The quantitative estimate of drug-likeness (QED) is 0.727. The topological polar surface area (TPSA) is 48.5 Å². The number of amides is 1. The summed E-state index contributed by atoms with van der Waals surface area (Å²) in [4.78, 5) is 22.0. The number of likely N-dealkylation sites (N-methyl/N-ethyl adjacent to an activating group) is 1. The molecular formula is C23H25FN4O. The van der Waals surface area contributed by atoms with Gasteiger partial charge in [-0.1, -0.05) is 13.0 Å². The number of rotatable bonds is 4. The number of benzene rings is 2. The molecule has 1 N–H and O–H groups in total. The highest BCUT2D eigenvalue weighted by Gasteiger charge is 2.18. The van der Waals surface area contributed by atoms with Crippen LogP contribution >= 0.6 is 0 Å². The van der Waals surface area contributed by atoms with Crippen LogP contribution in [0.15, 0.2) is 48.5 Å². The lowest BCUT2D eigenvalue weighted by Gasteiger charge is -2.35. The minimum absolute atomic E-state index is 0.293. The molecule has 0 atom stereocenters. The fourth-order valence-electron chi connectivity index (χ4n) is 3.74. The van der Waals surface area contributed by atoms with Crippen LogP contribution in [0.1, 0.15) is 22.8 Å². The monoisotopic (exact) mass is 392 g/mol. The largest absolute Gasteiger partial charge is 0.354 e. The molecule has 0 unspecified atom stereocenters. The summed E-state index contributed by atoms with van der Waals surface area (Å²) >= 11 is 0. The highest BCUT2D eigenvalue weighted by Crippen LogP contribution is 2.26. The number of pyridine rings is 1. The fourth-order valence-corrected chi connectivity index (χ4v) is 3.74. The molecule has 1 aliphatic heterocycles. The Kier molecular flexibility index (Phi) is 5.45. The summed E-state index contributed by atoms with van der Waals surface area (Å²) in [6, 6.07) is 13.5. The van der Waals surface area contributed by atoms with Gasteiger partial charge in [-0.3, -0.25) is 4.79 Å². The van der Waals surface area contributed by atoms with Crippen molar-refractivity contribution in [1.82, 2.24) is 9.88 Å². The molecule has 1 amide bonds. The molecule has 1 fully saturated rings. The fraction of sp³-hybridized carbons (Fsp3) is 0.304. The Morgan fingerprint density at radius 3 is 2.62 bits per heavy atom. The van der Waals surface area contributed by atoms with E-state index in [1.165, 1.54) is 18.2 Å². The van der Waals surface area contributed by atoms with Crippen molar-refractivity contribution in [2.45, 2.75) is 13.8 Å². The number of nitrogens with one attached hydrogen (secondary N) is 1. The Bertz CT molecular complexity index is 1040. The first kappa shape index (κ1) is 19.3. The zero-order chi connectivity index (χ0) is 20.4. The van der Waals surface area contributed by atoms with Gasteiger partial charge in [0.1, 0.15) is 11.6 Å². The van der Waals surface area contributed by atoms with Crippen LogP contribution in [0.2, 0.25) is 0 Å². The lowest BCUT2D eigenvalue weighted by Crippen LogP contribution is -2.46. The summed E-state index contributed by atoms with van der Waals surface area (Å²) in [6.45, 7) is 9.41. The van der Waals surface area contributed by atoms with Crippen molar-refractivity contribution in [3.63, 3.8) is 0 Å². The molecule has 150 valence electrons. The summed E-state index contributed by atoms with van der Waals surface area (Å²) < 4.78 is 13.4. The van der Waals surface area contributed by atoms with Gasteiger partial charge in [0.05, 0.1) is 5.52 Å². The Morgan fingerprint density at radius 2 is 1.90 bits per heavy atom. The van der Waals surface area contributed by atoms with Crippen LogP contribution in [-0.4, -0.2) is 48.5 Å². The lowest BCUT2D eigenvalue weighted by molar-refractivity contribution is 0.102. The van der Waals surface area contributed by atoms with Gasteiger partial charge in [0.25, 0.3) is 5.91 Å². The molecule has 0 radical (unpaired) electrons. The summed E-state index contributed by atoms with van der Waals surface area (Å²) in [5, 5.41) is 3.84. The highest BCUT2D eigenvalue weighted by molar-refractivity contribution is 6.05. The maximum Gasteiger partial charge on any atom is 0.255 e. The first-order valence-corrected chi connectivity index (χ1v) is 9.99. The Balaban J connectivity index is 1.55. The number of hydrogen-bond donors (Lipinski definition) is 1. The molecule has 29 heavy (non-hydrogen) atoms. The molecule has 2 aromatic carbocycles. The Labute approximate surface area is 170 Å². The van der Waals surface area contributed by atoms with Crippen LogP contribution in [0, 0.1) is 12.7 Å². The minimum atomic E-state index is -0.427. The van der Waals surface area contributed by atoms with Crippen LogP contribution in [0.3, 0.4) is 0 Å². The maximum absolute atomic E-state index is 13.4. The number of fused-ring (bicyclic) bond motifs is 1. The van der Waals surface area contributed by atoms with Gasteiger partial charge in [-0.15, -0.1) is 0 Å². The van der Waals surface area contributed by atoms with Gasteiger partial charge in [0.2, 0.25) is 0 Å². The molecule has 1 saturated heterocycles. The molecule has 6 heteroatoms. The van der Waals surface area contributed by atoms with Crippen molar-refractivity contribution >= 4 is 28.3 Å². The Morgan fingerprint density at radius 1 is 1.10 bits per heavy atom. The zero-order valence-electron chi connectivity index (χ0n) is 16.8. The number of anilines is 2. The van der Waals surface area contributed by atoms with Crippen molar-refractivity contribution in [1.29, 1.82) is 0 Å². The summed E-state index contributed by atoms with van der Waals surface area (Å²) in [7, 11) is 0.